The number of hydrogen-bond acceptors (Lipinski definition) is 4. The third kappa shape index (κ3) is 2.24. The van der Waals surface area contributed by atoms with Gasteiger partial charge in [0.1, 0.15) is 6.33 Å². The molecule has 1 aromatic carbocycles. The smallest absolute Gasteiger partial charge is 0.222 e. The van der Waals surface area contributed by atoms with Gasteiger partial charge in [-0.25, -0.2) is 4.68 Å². The fraction of sp³-hybridized carbons (Fsp3) is 0.235. The van der Waals surface area contributed by atoms with Crippen LogP contribution in [0.4, 0.5) is 5.95 Å². The zero-order valence-electron chi connectivity index (χ0n) is 12.3. The molecule has 0 unspecified atom stereocenters. The average molecular weight is 291 g/mol. The van der Waals surface area contributed by atoms with Crippen LogP contribution in [-0.2, 0) is 0 Å². The van der Waals surface area contributed by atoms with Gasteiger partial charge in [-0.2, -0.15) is 10.1 Å². The minimum absolute atomic E-state index is 0.185. The van der Waals surface area contributed by atoms with Gasteiger partial charge in [-0.3, -0.25) is 4.98 Å². The average Bonchev–Trinajstić information content (AvgIpc) is 3.04. The topological polar surface area (TPSA) is 55.6 Å². The lowest BCUT2D eigenvalue weighted by Crippen LogP contribution is -2.28. The summed E-state index contributed by atoms with van der Waals surface area (Å²) >= 11 is 0. The van der Waals surface area contributed by atoms with Crippen LogP contribution in [0.15, 0.2) is 55.1 Å². The number of aromatic nitrogens is 4. The Kier molecular flexibility index (Phi) is 3.11. The van der Waals surface area contributed by atoms with Gasteiger partial charge in [0, 0.05) is 12.4 Å². The highest BCUT2D eigenvalue weighted by Crippen LogP contribution is 2.36. The van der Waals surface area contributed by atoms with E-state index in [2.05, 4.69) is 57.6 Å². The Morgan fingerprint density at radius 3 is 2.77 bits per heavy atom. The second-order valence-electron chi connectivity index (χ2n) is 5.67. The summed E-state index contributed by atoms with van der Waals surface area (Å²) < 4.78 is 1.97. The first-order chi connectivity index (χ1) is 10.8. The van der Waals surface area contributed by atoms with Crippen LogP contribution < -0.4 is 5.32 Å². The monoisotopic (exact) mass is 291 g/mol. The van der Waals surface area contributed by atoms with Crippen LogP contribution in [-0.4, -0.2) is 19.7 Å². The van der Waals surface area contributed by atoms with E-state index in [1.54, 1.807) is 12.5 Å². The molecule has 3 heterocycles. The van der Waals surface area contributed by atoms with Crippen molar-refractivity contribution in [3.63, 3.8) is 0 Å². The van der Waals surface area contributed by atoms with E-state index in [4.69, 9.17) is 0 Å². The summed E-state index contributed by atoms with van der Waals surface area (Å²) in [5, 5.41) is 7.85. The molecule has 0 spiro atoms. The lowest BCUT2D eigenvalue weighted by molar-refractivity contribution is 0.430. The summed E-state index contributed by atoms with van der Waals surface area (Å²) in [7, 11) is 0. The second-order valence-corrected chi connectivity index (χ2v) is 5.67. The standard InChI is InChI=1S/C17H17N5/c1-12-4-6-13(7-5-12)16-9-15(14-3-2-8-18-10-14)21-17-19-11-20-22(16)17/h2-8,10-11,15-16H,9H2,1H3,(H,19,20,21)/t15-,16+/m1/s1. The number of nitrogens with zero attached hydrogens (tertiary/aromatic N) is 4. The third-order valence-corrected chi connectivity index (χ3v) is 4.18. The van der Waals surface area contributed by atoms with Crippen molar-refractivity contribution in [1.29, 1.82) is 0 Å². The summed E-state index contributed by atoms with van der Waals surface area (Å²) in [4.78, 5) is 8.58. The minimum atomic E-state index is 0.185. The quantitative estimate of drug-likeness (QED) is 0.788. The van der Waals surface area contributed by atoms with E-state index in [1.165, 1.54) is 16.7 Å². The molecule has 0 radical (unpaired) electrons. The normalized spacial score (nSPS) is 20.2. The maximum atomic E-state index is 4.39. The highest BCUT2D eigenvalue weighted by molar-refractivity contribution is 5.37. The number of hydrogen-bond donors (Lipinski definition) is 1. The van der Waals surface area contributed by atoms with E-state index in [0.717, 1.165) is 12.4 Å². The maximum absolute atomic E-state index is 4.39. The van der Waals surface area contributed by atoms with Crippen molar-refractivity contribution in [2.75, 3.05) is 5.32 Å². The van der Waals surface area contributed by atoms with Crippen molar-refractivity contribution in [3.05, 3.63) is 71.8 Å². The van der Waals surface area contributed by atoms with E-state index >= 15 is 0 Å². The van der Waals surface area contributed by atoms with Gasteiger partial charge in [-0.05, 0) is 30.5 Å². The summed E-state index contributed by atoms with van der Waals surface area (Å²) in [5.41, 5.74) is 3.70. The molecular formula is C17H17N5. The van der Waals surface area contributed by atoms with Gasteiger partial charge in [0.05, 0.1) is 12.1 Å². The fourth-order valence-electron chi connectivity index (χ4n) is 2.99. The van der Waals surface area contributed by atoms with Gasteiger partial charge < -0.3 is 5.32 Å². The Hall–Kier alpha value is -2.69. The van der Waals surface area contributed by atoms with Crippen LogP contribution >= 0.6 is 0 Å². The molecule has 0 saturated heterocycles. The van der Waals surface area contributed by atoms with Gasteiger partial charge in [0.25, 0.3) is 0 Å². The molecule has 0 saturated carbocycles. The molecule has 1 aliphatic heterocycles. The van der Waals surface area contributed by atoms with Crippen molar-refractivity contribution >= 4 is 5.95 Å². The number of aryl methyl sites for hydroxylation is 1. The third-order valence-electron chi connectivity index (χ3n) is 4.18. The van der Waals surface area contributed by atoms with Crippen molar-refractivity contribution in [2.24, 2.45) is 0 Å². The largest absolute Gasteiger partial charge is 0.347 e. The molecule has 1 N–H and O–H groups in total. The Morgan fingerprint density at radius 2 is 2.00 bits per heavy atom. The predicted octanol–water partition coefficient (Wildman–Crippen LogP) is 3.13. The second kappa shape index (κ2) is 5.26. The Morgan fingerprint density at radius 1 is 1.14 bits per heavy atom. The van der Waals surface area contributed by atoms with E-state index in [9.17, 15) is 0 Å². The number of nitrogens with one attached hydrogen (secondary N) is 1. The molecular weight excluding hydrogens is 274 g/mol. The zero-order valence-corrected chi connectivity index (χ0v) is 12.3. The van der Waals surface area contributed by atoms with Gasteiger partial charge in [-0.1, -0.05) is 35.9 Å². The maximum Gasteiger partial charge on any atom is 0.222 e. The molecule has 1 aliphatic rings. The summed E-state index contributed by atoms with van der Waals surface area (Å²) in [6.45, 7) is 2.10. The zero-order chi connectivity index (χ0) is 14.9. The SMILES string of the molecule is Cc1ccc([C@@H]2C[C@H](c3cccnc3)Nc3ncnn32)cc1. The van der Waals surface area contributed by atoms with Crippen LogP contribution in [0, 0.1) is 6.92 Å². The van der Waals surface area contributed by atoms with Gasteiger partial charge in [-0.15, -0.1) is 0 Å². The van der Waals surface area contributed by atoms with Crippen molar-refractivity contribution in [1.82, 2.24) is 19.7 Å². The molecule has 110 valence electrons. The molecule has 0 aliphatic carbocycles. The first-order valence-electron chi connectivity index (χ1n) is 7.44. The van der Waals surface area contributed by atoms with Crippen LogP contribution in [0.5, 0.6) is 0 Å². The summed E-state index contributed by atoms with van der Waals surface area (Å²) in [5.74, 6) is 0.811. The fourth-order valence-corrected chi connectivity index (χ4v) is 2.99. The van der Waals surface area contributed by atoms with Crippen molar-refractivity contribution in [2.45, 2.75) is 25.4 Å². The Labute approximate surface area is 129 Å². The molecule has 0 fully saturated rings. The lowest BCUT2D eigenvalue weighted by atomic mass is 9.94. The highest BCUT2D eigenvalue weighted by Gasteiger charge is 2.29. The molecule has 5 nitrogen and oxygen atoms in total. The number of rotatable bonds is 2. The Balaban J connectivity index is 1.73. The molecule has 3 aromatic rings. The minimum Gasteiger partial charge on any atom is -0.347 e. The highest BCUT2D eigenvalue weighted by atomic mass is 15.4. The van der Waals surface area contributed by atoms with E-state index < -0.39 is 0 Å². The van der Waals surface area contributed by atoms with Gasteiger partial charge in [0.15, 0.2) is 0 Å². The van der Waals surface area contributed by atoms with Crippen LogP contribution in [0.2, 0.25) is 0 Å². The van der Waals surface area contributed by atoms with Crippen molar-refractivity contribution in [3.8, 4) is 0 Å². The summed E-state index contributed by atoms with van der Waals surface area (Å²) in [6, 6.07) is 13.1. The Bertz CT molecular complexity index is 763. The van der Waals surface area contributed by atoms with E-state index in [0.29, 0.717) is 0 Å². The molecule has 2 atom stereocenters. The molecule has 5 heteroatoms. The summed E-state index contributed by atoms with van der Waals surface area (Å²) in [6.07, 6.45) is 6.24. The van der Waals surface area contributed by atoms with Gasteiger partial charge in [0.2, 0.25) is 5.95 Å². The molecule has 0 bridgehead atoms. The number of fused-ring (bicyclic) bond motifs is 1. The number of anilines is 1. The molecule has 22 heavy (non-hydrogen) atoms. The first-order valence-corrected chi connectivity index (χ1v) is 7.44. The van der Waals surface area contributed by atoms with Crippen LogP contribution in [0.1, 0.15) is 35.2 Å². The van der Waals surface area contributed by atoms with Gasteiger partial charge >= 0.3 is 0 Å². The number of benzene rings is 1. The van der Waals surface area contributed by atoms with E-state index in [1.807, 2.05) is 16.9 Å². The predicted molar refractivity (Wildman–Crippen MR) is 84.6 cm³/mol. The molecule has 0 amide bonds. The molecule has 4 rings (SSSR count). The van der Waals surface area contributed by atoms with Crippen LogP contribution in [0.3, 0.4) is 0 Å². The molecule has 2 aromatic heterocycles. The van der Waals surface area contributed by atoms with Crippen LogP contribution in [0.25, 0.3) is 0 Å². The van der Waals surface area contributed by atoms with E-state index in [-0.39, 0.29) is 12.1 Å². The number of pyridine rings is 1. The lowest BCUT2D eigenvalue weighted by Gasteiger charge is -2.31. The van der Waals surface area contributed by atoms with Crippen molar-refractivity contribution < 1.29 is 0 Å². The first kappa shape index (κ1) is 13.0.